The second kappa shape index (κ2) is 2.84. The van der Waals surface area contributed by atoms with Crippen molar-refractivity contribution in [3.63, 3.8) is 0 Å². The minimum Gasteiger partial charge on any atom is -0.369 e. The van der Waals surface area contributed by atoms with Crippen LogP contribution < -0.4 is 5.73 Å². The molecule has 0 fully saturated rings. The predicted molar refractivity (Wildman–Crippen MR) is 60.8 cm³/mol. The van der Waals surface area contributed by atoms with E-state index in [0.717, 1.165) is 18.4 Å². The molecule has 1 aromatic carbocycles. The number of hydrogen-bond acceptors (Lipinski definition) is 3. The van der Waals surface area contributed by atoms with Crippen molar-refractivity contribution < 1.29 is 4.79 Å². The summed E-state index contributed by atoms with van der Waals surface area (Å²) < 4.78 is 0. The summed E-state index contributed by atoms with van der Waals surface area (Å²) in [5.74, 6) is 0.316. The largest absolute Gasteiger partial charge is 0.369 e. The number of aliphatic imine (C=N–C) groups is 1. The highest BCUT2D eigenvalue weighted by atomic mass is 16.2. The van der Waals surface area contributed by atoms with Crippen LogP contribution in [0, 0.1) is 0 Å². The van der Waals surface area contributed by atoms with Gasteiger partial charge in [0.05, 0.1) is 0 Å². The van der Waals surface area contributed by atoms with Crippen molar-refractivity contribution in [2.45, 2.75) is 18.4 Å². The number of nitrogens with two attached hydrogens (primary N) is 1. The minimum atomic E-state index is -0.727. The van der Waals surface area contributed by atoms with E-state index in [2.05, 4.69) is 11.1 Å². The van der Waals surface area contributed by atoms with Crippen LogP contribution in [0.2, 0.25) is 0 Å². The molecule has 0 bridgehead atoms. The zero-order chi connectivity index (χ0) is 11.3. The standard InChI is InChI=1S/C12H13N3O/c1-15-10(16)12(14-11(15)13)7-6-8-4-2-3-5-9(8)12/h2-5H,6-7H2,1H3,(H2,13,14). The maximum absolute atomic E-state index is 12.2. The van der Waals surface area contributed by atoms with Crippen molar-refractivity contribution in [2.75, 3.05) is 7.05 Å². The van der Waals surface area contributed by atoms with Crippen LogP contribution in [0.4, 0.5) is 0 Å². The van der Waals surface area contributed by atoms with E-state index >= 15 is 0 Å². The van der Waals surface area contributed by atoms with Gasteiger partial charge in [0, 0.05) is 7.05 Å². The quantitative estimate of drug-likeness (QED) is 0.689. The van der Waals surface area contributed by atoms with Crippen LogP contribution in [-0.2, 0) is 16.8 Å². The van der Waals surface area contributed by atoms with E-state index in [1.807, 2.05) is 18.2 Å². The molecule has 0 saturated carbocycles. The molecule has 1 unspecified atom stereocenters. The van der Waals surface area contributed by atoms with Gasteiger partial charge in [0.1, 0.15) is 0 Å². The van der Waals surface area contributed by atoms with Gasteiger partial charge in [-0.15, -0.1) is 0 Å². The normalized spacial score (nSPS) is 27.4. The fourth-order valence-corrected chi connectivity index (χ4v) is 2.63. The number of fused-ring (bicyclic) bond motifs is 2. The Kier molecular flexibility index (Phi) is 1.67. The van der Waals surface area contributed by atoms with Crippen LogP contribution in [0.15, 0.2) is 29.3 Å². The van der Waals surface area contributed by atoms with Gasteiger partial charge in [0.25, 0.3) is 5.91 Å². The summed E-state index contributed by atoms with van der Waals surface area (Å²) in [6.07, 6.45) is 1.63. The molecule has 1 spiro atoms. The highest BCUT2D eigenvalue weighted by molar-refractivity contribution is 6.07. The molecule has 4 heteroatoms. The van der Waals surface area contributed by atoms with E-state index in [9.17, 15) is 4.79 Å². The van der Waals surface area contributed by atoms with Crippen LogP contribution in [0.5, 0.6) is 0 Å². The zero-order valence-corrected chi connectivity index (χ0v) is 9.10. The molecule has 4 nitrogen and oxygen atoms in total. The predicted octanol–water partition coefficient (Wildman–Crippen LogP) is 0.615. The molecule has 2 aliphatic rings. The maximum atomic E-state index is 12.2. The first kappa shape index (κ1) is 9.39. The molecule has 1 atom stereocenters. The number of benzene rings is 1. The summed E-state index contributed by atoms with van der Waals surface area (Å²) in [4.78, 5) is 18.1. The summed E-state index contributed by atoms with van der Waals surface area (Å²) in [5, 5.41) is 0. The molecular weight excluding hydrogens is 202 g/mol. The molecule has 1 aliphatic heterocycles. The van der Waals surface area contributed by atoms with E-state index in [-0.39, 0.29) is 5.91 Å². The molecule has 1 aliphatic carbocycles. The van der Waals surface area contributed by atoms with Gasteiger partial charge >= 0.3 is 0 Å². The SMILES string of the molecule is CN1C(=O)C2(CCc3ccccc32)N=C1N. The first-order chi connectivity index (χ1) is 7.65. The van der Waals surface area contributed by atoms with E-state index in [1.165, 1.54) is 10.5 Å². The fourth-order valence-electron chi connectivity index (χ4n) is 2.63. The third-order valence-corrected chi connectivity index (χ3v) is 3.53. The van der Waals surface area contributed by atoms with E-state index in [0.29, 0.717) is 5.96 Å². The lowest BCUT2D eigenvalue weighted by molar-refractivity contribution is -0.130. The van der Waals surface area contributed by atoms with Gasteiger partial charge in [-0.2, -0.15) is 0 Å². The highest BCUT2D eigenvalue weighted by Crippen LogP contribution is 2.43. The van der Waals surface area contributed by atoms with E-state index in [1.54, 1.807) is 7.05 Å². The number of amides is 1. The van der Waals surface area contributed by atoms with Crippen LogP contribution in [0.3, 0.4) is 0 Å². The number of hydrogen-bond donors (Lipinski definition) is 1. The Morgan fingerprint density at radius 3 is 2.88 bits per heavy atom. The lowest BCUT2D eigenvalue weighted by Crippen LogP contribution is -2.39. The summed E-state index contributed by atoms with van der Waals surface area (Å²) >= 11 is 0. The van der Waals surface area contributed by atoms with Crippen LogP contribution in [0.1, 0.15) is 17.5 Å². The Bertz CT molecular complexity index is 509. The average molecular weight is 215 g/mol. The molecule has 1 amide bonds. The number of rotatable bonds is 0. The van der Waals surface area contributed by atoms with Crippen LogP contribution in [-0.4, -0.2) is 23.8 Å². The van der Waals surface area contributed by atoms with Crippen molar-refractivity contribution in [3.8, 4) is 0 Å². The summed E-state index contributed by atoms with van der Waals surface area (Å²) in [7, 11) is 1.68. The summed E-state index contributed by atoms with van der Waals surface area (Å²) in [5.41, 5.74) is 7.24. The van der Waals surface area contributed by atoms with Crippen molar-refractivity contribution in [3.05, 3.63) is 35.4 Å². The Hall–Kier alpha value is -1.84. The monoisotopic (exact) mass is 215 g/mol. The number of nitrogens with zero attached hydrogens (tertiary/aromatic N) is 2. The van der Waals surface area contributed by atoms with Crippen molar-refractivity contribution in [1.29, 1.82) is 0 Å². The summed E-state index contributed by atoms with van der Waals surface area (Å²) in [6.45, 7) is 0. The maximum Gasteiger partial charge on any atom is 0.261 e. The van der Waals surface area contributed by atoms with Crippen molar-refractivity contribution in [2.24, 2.45) is 10.7 Å². The third-order valence-electron chi connectivity index (χ3n) is 3.53. The van der Waals surface area contributed by atoms with Gasteiger partial charge in [-0.3, -0.25) is 9.69 Å². The number of carbonyl (C=O) groups is 1. The van der Waals surface area contributed by atoms with Gasteiger partial charge in [-0.1, -0.05) is 24.3 Å². The van der Waals surface area contributed by atoms with Gasteiger partial charge in [0.15, 0.2) is 11.5 Å². The van der Waals surface area contributed by atoms with Crippen molar-refractivity contribution >= 4 is 11.9 Å². The van der Waals surface area contributed by atoms with Gasteiger partial charge in [-0.05, 0) is 24.0 Å². The number of carbonyl (C=O) groups excluding carboxylic acids is 1. The molecular formula is C12H13N3O. The molecule has 0 saturated heterocycles. The third kappa shape index (κ3) is 0.939. The van der Waals surface area contributed by atoms with Crippen LogP contribution in [0.25, 0.3) is 0 Å². The summed E-state index contributed by atoms with van der Waals surface area (Å²) in [6, 6.07) is 7.98. The van der Waals surface area contributed by atoms with Gasteiger partial charge < -0.3 is 5.73 Å². The topological polar surface area (TPSA) is 58.7 Å². The number of aryl methyl sites for hydroxylation is 1. The molecule has 16 heavy (non-hydrogen) atoms. The molecule has 0 radical (unpaired) electrons. The van der Waals surface area contributed by atoms with Gasteiger partial charge in [-0.25, -0.2) is 4.99 Å². The van der Waals surface area contributed by atoms with Crippen molar-refractivity contribution in [1.82, 2.24) is 4.90 Å². The average Bonchev–Trinajstić information content (AvgIpc) is 2.77. The first-order valence-corrected chi connectivity index (χ1v) is 5.37. The number of guanidine groups is 1. The highest BCUT2D eigenvalue weighted by Gasteiger charge is 2.51. The fraction of sp³-hybridized carbons (Fsp3) is 0.333. The van der Waals surface area contributed by atoms with E-state index in [4.69, 9.17) is 5.73 Å². The second-order valence-electron chi connectivity index (χ2n) is 4.35. The Balaban J connectivity index is 2.20. The zero-order valence-electron chi connectivity index (χ0n) is 9.10. The van der Waals surface area contributed by atoms with E-state index < -0.39 is 5.54 Å². The molecule has 0 aromatic heterocycles. The number of likely N-dealkylation sites (N-methyl/N-ethyl adjacent to an activating group) is 1. The molecule has 3 rings (SSSR count). The Morgan fingerprint density at radius 2 is 2.19 bits per heavy atom. The van der Waals surface area contributed by atoms with Crippen LogP contribution >= 0.6 is 0 Å². The smallest absolute Gasteiger partial charge is 0.261 e. The molecule has 1 heterocycles. The lowest BCUT2D eigenvalue weighted by atomic mass is 9.92. The van der Waals surface area contributed by atoms with Gasteiger partial charge in [0.2, 0.25) is 0 Å². The Labute approximate surface area is 93.8 Å². The lowest BCUT2D eigenvalue weighted by Gasteiger charge is -2.20. The first-order valence-electron chi connectivity index (χ1n) is 5.37. The Morgan fingerprint density at radius 1 is 1.44 bits per heavy atom. The molecule has 1 aromatic rings. The molecule has 82 valence electrons. The molecule has 2 N–H and O–H groups in total. The second-order valence-corrected chi connectivity index (χ2v) is 4.35. The minimum absolute atomic E-state index is 0.00468.